The van der Waals surface area contributed by atoms with E-state index in [0.29, 0.717) is 13.1 Å². The van der Waals surface area contributed by atoms with Crippen molar-refractivity contribution in [1.82, 2.24) is 9.62 Å². The Balaban J connectivity index is 0.00000312. The fourth-order valence-electron chi connectivity index (χ4n) is 2.68. The van der Waals surface area contributed by atoms with E-state index in [0.717, 1.165) is 25.0 Å². The number of benzene rings is 1. The molecular formula is C14H23ClFN3O4S2. The molecule has 1 aliphatic heterocycles. The van der Waals surface area contributed by atoms with Crippen LogP contribution in [0.25, 0.3) is 0 Å². The molecule has 2 rings (SSSR count). The summed E-state index contributed by atoms with van der Waals surface area (Å²) in [6, 6.07) is 3.05. The van der Waals surface area contributed by atoms with Gasteiger partial charge in [-0.3, -0.25) is 4.72 Å². The van der Waals surface area contributed by atoms with Crippen molar-refractivity contribution in [2.75, 3.05) is 30.6 Å². The Kier molecular flexibility index (Phi) is 7.63. The summed E-state index contributed by atoms with van der Waals surface area (Å²) >= 11 is 0. The van der Waals surface area contributed by atoms with Crippen molar-refractivity contribution >= 4 is 38.1 Å². The standard InChI is InChI=1S/C14H22FN3O4S2.ClH/c1-3-23(19,20)17-14-7-6-12(9-13(14)15)24(21,22)18-8-4-5-11(18)10-16-2;/h6-7,9,11,16-17H,3-5,8,10H2,1-2H3;1H. The van der Waals surface area contributed by atoms with Gasteiger partial charge in [-0.2, -0.15) is 4.31 Å². The Labute approximate surface area is 154 Å². The molecule has 0 radical (unpaired) electrons. The molecule has 7 nitrogen and oxygen atoms in total. The molecule has 1 fully saturated rings. The van der Waals surface area contributed by atoms with Crippen LogP contribution < -0.4 is 10.0 Å². The number of likely N-dealkylation sites (N-methyl/N-ethyl adjacent to an activating group) is 1. The second-order valence-electron chi connectivity index (χ2n) is 5.62. The molecule has 1 aliphatic rings. The Hall–Kier alpha value is -0.940. The van der Waals surface area contributed by atoms with Crippen molar-refractivity contribution in [3.63, 3.8) is 0 Å². The lowest BCUT2D eigenvalue weighted by Gasteiger charge is -2.24. The molecule has 0 aliphatic carbocycles. The highest BCUT2D eigenvalue weighted by Gasteiger charge is 2.35. The minimum atomic E-state index is -3.82. The van der Waals surface area contributed by atoms with Crippen molar-refractivity contribution in [1.29, 1.82) is 0 Å². The molecule has 1 aromatic rings. The topological polar surface area (TPSA) is 95.6 Å². The number of anilines is 1. The summed E-state index contributed by atoms with van der Waals surface area (Å²) in [6.45, 7) is 2.34. The lowest BCUT2D eigenvalue weighted by Crippen LogP contribution is -2.40. The molecule has 0 amide bonds. The van der Waals surface area contributed by atoms with Crippen LogP contribution in [0.4, 0.5) is 10.1 Å². The van der Waals surface area contributed by atoms with Gasteiger partial charge in [0, 0.05) is 19.1 Å². The number of sulfonamides is 2. The highest BCUT2D eigenvalue weighted by molar-refractivity contribution is 7.92. The van der Waals surface area contributed by atoms with Crippen LogP contribution in [0.5, 0.6) is 0 Å². The van der Waals surface area contributed by atoms with Crippen molar-refractivity contribution in [3.05, 3.63) is 24.0 Å². The highest BCUT2D eigenvalue weighted by Crippen LogP contribution is 2.28. The van der Waals surface area contributed by atoms with Crippen molar-refractivity contribution in [3.8, 4) is 0 Å². The van der Waals surface area contributed by atoms with Gasteiger partial charge in [0.05, 0.1) is 16.3 Å². The first kappa shape index (κ1) is 22.1. The van der Waals surface area contributed by atoms with Crippen LogP contribution in [0.1, 0.15) is 19.8 Å². The van der Waals surface area contributed by atoms with Crippen molar-refractivity contribution in [2.45, 2.75) is 30.7 Å². The normalized spacial score (nSPS) is 18.8. The van der Waals surface area contributed by atoms with Crippen LogP contribution >= 0.6 is 12.4 Å². The van der Waals surface area contributed by atoms with Gasteiger partial charge in [-0.1, -0.05) is 0 Å². The lowest BCUT2D eigenvalue weighted by atomic mass is 10.2. The monoisotopic (exact) mass is 415 g/mol. The lowest BCUT2D eigenvalue weighted by molar-refractivity contribution is 0.379. The molecule has 11 heteroatoms. The Bertz CT molecular complexity index is 802. The summed E-state index contributed by atoms with van der Waals surface area (Å²) in [7, 11) is -5.71. The number of nitrogens with zero attached hydrogens (tertiary/aromatic N) is 1. The quantitative estimate of drug-likeness (QED) is 0.701. The minimum absolute atomic E-state index is 0. The summed E-state index contributed by atoms with van der Waals surface area (Å²) < 4.78 is 66.1. The van der Waals surface area contributed by atoms with Gasteiger partial charge in [-0.15, -0.1) is 12.4 Å². The largest absolute Gasteiger partial charge is 0.318 e. The van der Waals surface area contributed by atoms with E-state index in [4.69, 9.17) is 0 Å². The smallest absolute Gasteiger partial charge is 0.243 e. The van der Waals surface area contributed by atoms with Crippen LogP contribution in [0.15, 0.2) is 23.1 Å². The fraction of sp³-hybridized carbons (Fsp3) is 0.571. The van der Waals surface area contributed by atoms with Crippen LogP contribution in [0.2, 0.25) is 0 Å². The maximum absolute atomic E-state index is 14.2. The summed E-state index contributed by atoms with van der Waals surface area (Å²) in [6.07, 6.45) is 1.50. The SMILES string of the molecule is CCS(=O)(=O)Nc1ccc(S(=O)(=O)N2CCCC2CNC)cc1F.Cl. The first-order valence-electron chi connectivity index (χ1n) is 7.67. The van der Waals surface area contributed by atoms with Gasteiger partial charge >= 0.3 is 0 Å². The van der Waals surface area contributed by atoms with Gasteiger partial charge in [0.25, 0.3) is 0 Å². The molecule has 0 spiro atoms. The zero-order valence-corrected chi connectivity index (χ0v) is 16.5. The number of halogens is 2. The van der Waals surface area contributed by atoms with Crippen molar-refractivity contribution in [2.24, 2.45) is 0 Å². The number of hydrogen-bond donors (Lipinski definition) is 2. The maximum Gasteiger partial charge on any atom is 0.243 e. The van der Waals surface area contributed by atoms with E-state index in [2.05, 4.69) is 10.0 Å². The molecule has 1 atom stereocenters. The van der Waals surface area contributed by atoms with Gasteiger partial charge in [-0.25, -0.2) is 21.2 Å². The predicted molar refractivity (Wildman–Crippen MR) is 97.6 cm³/mol. The van der Waals surface area contributed by atoms with Crippen LogP contribution in [0.3, 0.4) is 0 Å². The van der Waals surface area contributed by atoms with E-state index in [1.165, 1.54) is 17.3 Å². The maximum atomic E-state index is 14.2. The predicted octanol–water partition coefficient (Wildman–Crippen LogP) is 1.38. The Morgan fingerprint density at radius 2 is 1.96 bits per heavy atom. The van der Waals surface area contributed by atoms with E-state index in [9.17, 15) is 21.2 Å². The summed E-state index contributed by atoms with van der Waals surface area (Å²) in [5.74, 6) is -1.12. The minimum Gasteiger partial charge on any atom is -0.318 e. The third-order valence-corrected chi connectivity index (χ3v) is 7.19. The van der Waals surface area contributed by atoms with E-state index < -0.39 is 25.9 Å². The van der Waals surface area contributed by atoms with Gasteiger partial charge in [0.2, 0.25) is 20.0 Å². The van der Waals surface area contributed by atoms with Crippen molar-refractivity contribution < 1.29 is 21.2 Å². The zero-order chi connectivity index (χ0) is 18.0. The molecule has 0 bridgehead atoms. The summed E-state index contributed by atoms with van der Waals surface area (Å²) in [5.41, 5.74) is -0.260. The summed E-state index contributed by atoms with van der Waals surface area (Å²) in [5, 5.41) is 2.96. The molecule has 1 aromatic carbocycles. The van der Waals surface area contributed by atoms with Gasteiger partial charge < -0.3 is 5.32 Å². The second-order valence-corrected chi connectivity index (χ2v) is 9.52. The van der Waals surface area contributed by atoms with Crippen LogP contribution in [0, 0.1) is 5.82 Å². The fourth-order valence-corrected chi connectivity index (χ4v) is 5.03. The molecular weight excluding hydrogens is 393 g/mol. The first-order chi connectivity index (χ1) is 11.2. The highest BCUT2D eigenvalue weighted by atomic mass is 35.5. The number of rotatable bonds is 7. The third-order valence-electron chi connectivity index (χ3n) is 3.96. The molecule has 25 heavy (non-hydrogen) atoms. The van der Waals surface area contributed by atoms with Crippen LogP contribution in [-0.2, 0) is 20.0 Å². The molecule has 2 N–H and O–H groups in total. The molecule has 0 saturated carbocycles. The second kappa shape index (κ2) is 8.63. The molecule has 144 valence electrons. The molecule has 0 aromatic heterocycles. The average Bonchev–Trinajstić information content (AvgIpc) is 2.98. The number of nitrogens with one attached hydrogen (secondary N) is 2. The Morgan fingerprint density at radius 3 is 2.52 bits per heavy atom. The van der Waals surface area contributed by atoms with Gasteiger partial charge in [0.1, 0.15) is 5.82 Å². The molecule has 1 heterocycles. The van der Waals surface area contributed by atoms with E-state index in [-0.39, 0.29) is 34.8 Å². The number of hydrogen-bond acceptors (Lipinski definition) is 5. The summed E-state index contributed by atoms with van der Waals surface area (Å²) in [4.78, 5) is -0.178. The third kappa shape index (κ3) is 5.04. The van der Waals surface area contributed by atoms with Gasteiger partial charge in [0.15, 0.2) is 0 Å². The zero-order valence-electron chi connectivity index (χ0n) is 14.0. The van der Waals surface area contributed by atoms with Crippen LogP contribution in [-0.4, -0.2) is 53.1 Å². The molecule has 1 unspecified atom stereocenters. The van der Waals surface area contributed by atoms with Gasteiger partial charge in [-0.05, 0) is 45.0 Å². The Morgan fingerprint density at radius 1 is 1.28 bits per heavy atom. The van der Waals surface area contributed by atoms with E-state index >= 15 is 0 Å². The first-order valence-corrected chi connectivity index (χ1v) is 10.8. The van der Waals surface area contributed by atoms with E-state index in [1.807, 2.05) is 0 Å². The average molecular weight is 416 g/mol. The van der Waals surface area contributed by atoms with E-state index in [1.54, 1.807) is 7.05 Å². The molecule has 1 saturated heterocycles.